The predicted octanol–water partition coefficient (Wildman–Crippen LogP) is 4.41. The Hall–Kier alpha value is -4.24. The van der Waals surface area contributed by atoms with Gasteiger partial charge in [0.05, 0.1) is 16.5 Å². The molecule has 1 N–H and O–H groups in total. The van der Waals surface area contributed by atoms with Crippen molar-refractivity contribution < 1.29 is 45.0 Å². The highest BCUT2D eigenvalue weighted by Gasteiger charge is 2.32. The molecule has 1 unspecified atom stereocenters. The Balaban J connectivity index is 1.06. The maximum absolute atomic E-state index is 15.0. The van der Waals surface area contributed by atoms with Crippen molar-refractivity contribution in [2.24, 2.45) is 0 Å². The van der Waals surface area contributed by atoms with E-state index in [1.807, 2.05) is 4.90 Å². The number of piperidine rings is 2. The molecule has 5 rings (SSSR count). The molecule has 10 nitrogen and oxygen atoms in total. The van der Waals surface area contributed by atoms with Gasteiger partial charge in [-0.3, -0.25) is 19.5 Å². The molecular formula is C32H34F4N4O6S. The van der Waals surface area contributed by atoms with Crippen molar-refractivity contribution >= 4 is 21.7 Å². The zero-order chi connectivity index (χ0) is 33.8. The van der Waals surface area contributed by atoms with Crippen LogP contribution in [0.25, 0.3) is 0 Å². The van der Waals surface area contributed by atoms with Crippen molar-refractivity contribution in [3.05, 3.63) is 83.7 Å². The molecule has 2 fully saturated rings. The molecule has 0 bridgehead atoms. The number of likely N-dealkylation sites (tertiary alicyclic amines) is 2. The first-order valence-electron chi connectivity index (χ1n) is 15.0. The van der Waals surface area contributed by atoms with Crippen LogP contribution in [0.15, 0.2) is 71.8 Å². The summed E-state index contributed by atoms with van der Waals surface area (Å²) >= 11 is 0. The summed E-state index contributed by atoms with van der Waals surface area (Å²) in [6.07, 6.45) is -2.33. The van der Waals surface area contributed by atoms with Gasteiger partial charge < -0.3 is 19.7 Å². The van der Waals surface area contributed by atoms with Crippen LogP contribution in [-0.2, 0) is 16.4 Å². The van der Waals surface area contributed by atoms with Gasteiger partial charge in [-0.25, -0.2) is 12.8 Å². The fourth-order valence-electron chi connectivity index (χ4n) is 5.54. The minimum Gasteiger partial charge on any atom is -0.490 e. The van der Waals surface area contributed by atoms with Crippen LogP contribution >= 0.6 is 0 Å². The Morgan fingerprint density at radius 2 is 1.60 bits per heavy atom. The monoisotopic (exact) mass is 678 g/mol. The molecule has 3 heterocycles. The minimum absolute atomic E-state index is 0.0316. The standard InChI is InChI=1S/C32H34F4N4O6S/c1-47(43,44)26-9-7-23(8-10-26)45-24-12-16-40(17-13-24)31(42)22-4-11-29(37-18-22)30(41)38-28-14-15-39(20-27(28)33)19-21-2-5-25(6-3-21)46-32(34,35)36/h2-11,18,24,27-28H,12-17,19-20H2,1H3,(H,38,41)/t27-,28?/m1/s1. The lowest BCUT2D eigenvalue weighted by Gasteiger charge is -2.35. The number of nitrogens with zero attached hydrogens (tertiary/aromatic N) is 3. The summed E-state index contributed by atoms with van der Waals surface area (Å²) in [6.45, 7) is 1.72. The van der Waals surface area contributed by atoms with Gasteiger partial charge in [-0.15, -0.1) is 13.2 Å². The Labute approximate surface area is 269 Å². The average Bonchev–Trinajstić information content (AvgIpc) is 3.02. The Morgan fingerprint density at radius 3 is 2.17 bits per heavy atom. The van der Waals surface area contributed by atoms with E-state index in [-0.39, 0.29) is 34.9 Å². The van der Waals surface area contributed by atoms with E-state index in [1.165, 1.54) is 54.7 Å². The molecule has 252 valence electrons. The second-order valence-electron chi connectivity index (χ2n) is 11.6. The highest BCUT2D eigenvalue weighted by molar-refractivity contribution is 7.90. The van der Waals surface area contributed by atoms with Gasteiger partial charge >= 0.3 is 6.36 Å². The van der Waals surface area contributed by atoms with E-state index >= 15 is 4.39 Å². The quantitative estimate of drug-likeness (QED) is 0.331. The highest BCUT2D eigenvalue weighted by Crippen LogP contribution is 2.25. The molecule has 2 saturated heterocycles. The number of halogens is 4. The van der Waals surface area contributed by atoms with Crippen LogP contribution in [0, 0.1) is 0 Å². The van der Waals surface area contributed by atoms with Crippen molar-refractivity contribution in [3.63, 3.8) is 0 Å². The van der Waals surface area contributed by atoms with E-state index in [4.69, 9.17) is 4.74 Å². The Morgan fingerprint density at radius 1 is 0.936 bits per heavy atom. The van der Waals surface area contributed by atoms with Gasteiger partial charge in [0.1, 0.15) is 29.5 Å². The summed E-state index contributed by atoms with van der Waals surface area (Å²) in [7, 11) is -3.30. The van der Waals surface area contributed by atoms with Gasteiger partial charge in [-0.2, -0.15) is 0 Å². The lowest BCUT2D eigenvalue weighted by molar-refractivity contribution is -0.274. The number of hydrogen-bond donors (Lipinski definition) is 1. The highest BCUT2D eigenvalue weighted by atomic mass is 32.2. The maximum atomic E-state index is 15.0. The number of rotatable bonds is 9. The number of aromatic nitrogens is 1. The molecule has 0 spiro atoms. The third-order valence-electron chi connectivity index (χ3n) is 8.03. The smallest absolute Gasteiger partial charge is 0.490 e. The number of amides is 2. The van der Waals surface area contributed by atoms with Crippen LogP contribution in [0.5, 0.6) is 11.5 Å². The number of ether oxygens (including phenoxy) is 2. The van der Waals surface area contributed by atoms with Gasteiger partial charge in [0.2, 0.25) is 0 Å². The van der Waals surface area contributed by atoms with Gasteiger partial charge in [-0.05, 0) is 60.5 Å². The number of alkyl halides is 4. The summed E-state index contributed by atoms with van der Waals surface area (Å²) < 4.78 is 85.2. The molecule has 2 aliphatic rings. The largest absolute Gasteiger partial charge is 0.573 e. The first kappa shape index (κ1) is 34.1. The van der Waals surface area contributed by atoms with Crippen molar-refractivity contribution in [1.29, 1.82) is 0 Å². The lowest BCUT2D eigenvalue weighted by atomic mass is 10.0. The number of nitrogens with one attached hydrogen (secondary N) is 1. The molecule has 2 amide bonds. The van der Waals surface area contributed by atoms with Crippen molar-refractivity contribution in [3.8, 4) is 11.5 Å². The normalized spacial score (nSPS) is 19.6. The second kappa shape index (κ2) is 14.3. The van der Waals surface area contributed by atoms with Gasteiger partial charge in [0.25, 0.3) is 11.8 Å². The first-order chi connectivity index (χ1) is 22.2. The summed E-state index contributed by atoms with van der Waals surface area (Å²) in [5.41, 5.74) is 1.06. The van der Waals surface area contributed by atoms with Crippen LogP contribution < -0.4 is 14.8 Å². The molecule has 1 aromatic heterocycles. The van der Waals surface area contributed by atoms with E-state index in [0.717, 1.165) is 6.26 Å². The van der Waals surface area contributed by atoms with Crippen molar-refractivity contribution in [2.75, 3.05) is 32.4 Å². The van der Waals surface area contributed by atoms with Crippen LogP contribution in [0.3, 0.4) is 0 Å². The van der Waals surface area contributed by atoms with Gasteiger partial charge in [0.15, 0.2) is 9.84 Å². The number of carbonyl (C=O) groups is 2. The zero-order valence-electron chi connectivity index (χ0n) is 25.5. The molecular weight excluding hydrogens is 644 g/mol. The van der Waals surface area contributed by atoms with E-state index in [0.29, 0.717) is 62.3 Å². The van der Waals surface area contributed by atoms with E-state index in [9.17, 15) is 31.2 Å². The van der Waals surface area contributed by atoms with Gasteiger partial charge in [0, 0.05) is 58.0 Å². The molecule has 2 aromatic carbocycles. The Kier molecular flexibility index (Phi) is 10.3. The summed E-state index contributed by atoms with van der Waals surface area (Å²) in [4.78, 5) is 33.7. The molecule has 15 heteroatoms. The summed E-state index contributed by atoms with van der Waals surface area (Å²) in [6, 6.07) is 13.8. The number of hydrogen-bond acceptors (Lipinski definition) is 8. The first-order valence-corrected chi connectivity index (χ1v) is 16.9. The van der Waals surface area contributed by atoms with E-state index < -0.39 is 34.3 Å². The molecule has 47 heavy (non-hydrogen) atoms. The maximum Gasteiger partial charge on any atom is 0.573 e. The molecule has 3 aromatic rings. The average molecular weight is 679 g/mol. The predicted molar refractivity (Wildman–Crippen MR) is 163 cm³/mol. The number of sulfone groups is 1. The molecule has 0 radical (unpaired) electrons. The van der Waals surface area contributed by atoms with E-state index in [1.54, 1.807) is 17.0 Å². The fourth-order valence-corrected chi connectivity index (χ4v) is 6.17. The number of benzene rings is 2. The van der Waals surface area contributed by atoms with Crippen LogP contribution in [-0.4, -0.2) is 92.1 Å². The SMILES string of the molecule is CS(=O)(=O)c1ccc(OC2CCN(C(=O)c3ccc(C(=O)NC4CCN(Cc5ccc(OC(F)(F)F)cc5)C[C@H]4F)nc3)CC2)cc1. The van der Waals surface area contributed by atoms with Crippen molar-refractivity contribution in [1.82, 2.24) is 20.1 Å². The third kappa shape index (κ3) is 9.41. The van der Waals surface area contributed by atoms with Crippen LogP contribution in [0.1, 0.15) is 45.7 Å². The number of carbonyl (C=O) groups excluding carboxylic acids is 2. The van der Waals surface area contributed by atoms with Gasteiger partial charge in [-0.1, -0.05) is 12.1 Å². The van der Waals surface area contributed by atoms with Crippen LogP contribution in [0.4, 0.5) is 17.6 Å². The van der Waals surface area contributed by atoms with E-state index in [2.05, 4.69) is 15.0 Å². The molecule has 2 atom stereocenters. The molecule has 2 aliphatic heterocycles. The van der Waals surface area contributed by atoms with Crippen molar-refractivity contribution in [2.45, 2.75) is 55.4 Å². The third-order valence-corrected chi connectivity index (χ3v) is 9.16. The molecule has 0 saturated carbocycles. The topological polar surface area (TPSA) is 118 Å². The minimum atomic E-state index is -4.78. The fraction of sp³-hybridized carbons (Fsp3) is 0.406. The summed E-state index contributed by atoms with van der Waals surface area (Å²) in [5, 5.41) is 2.68. The lowest BCUT2D eigenvalue weighted by Crippen LogP contribution is -2.52. The number of pyridine rings is 1. The second-order valence-corrected chi connectivity index (χ2v) is 13.6. The molecule has 0 aliphatic carbocycles. The summed E-state index contributed by atoms with van der Waals surface area (Å²) in [5.74, 6) is -0.578. The zero-order valence-corrected chi connectivity index (χ0v) is 26.3. The van der Waals surface area contributed by atoms with Crippen LogP contribution in [0.2, 0.25) is 0 Å². The Bertz CT molecular complexity index is 1650.